The molecule has 4 aromatic rings. The number of alkyl halides is 1. The lowest BCUT2D eigenvalue weighted by Crippen LogP contribution is -2.52. The molecule has 1 saturated heterocycles. The Hall–Kier alpha value is -3.72. The summed E-state index contributed by atoms with van der Waals surface area (Å²) >= 11 is 0. The van der Waals surface area contributed by atoms with E-state index in [9.17, 15) is 4.79 Å². The van der Waals surface area contributed by atoms with Gasteiger partial charge in [0.25, 0.3) is 0 Å². The van der Waals surface area contributed by atoms with Gasteiger partial charge in [0.15, 0.2) is 11.5 Å². The summed E-state index contributed by atoms with van der Waals surface area (Å²) in [5.74, 6) is 1.50. The number of rotatable bonds is 4. The average Bonchev–Trinajstić information content (AvgIpc) is 3.13. The van der Waals surface area contributed by atoms with Crippen molar-refractivity contribution in [1.82, 2.24) is 24.0 Å². The van der Waals surface area contributed by atoms with Gasteiger partial charge in [-0.05, 0) is 63.6 Å². The number of fused-ring (bicyclic) bond motifs is 1. The number of hydrogen-bond donors (Lipinski definition) is 1. The third-order valence-corrected chi connectivity index (χ3v) is 6.54. The first-order valence-electron chi connectivity index (χ1n) is 11.7. The highest BCUT2D eigenvalue weighted by Crippen LogP contribution is 2.32. The van der Waals surface area contributed by atoms with Crippen molar-refractivity contribution < 1.29 is 9.13 Å². The molecule has 8 nitrogen and oxygen atoms in total. The van der Waals surface area contributed by atoms with Crippen molar-refractivity contribution in [3.63, 3.8) is 0 Å². The van der Waals surface area contributed by atoms with Gasteiger partial charge in [0, 0.05) is 18.6 Å². The molecule has 0 spiro atoms. The van der Waals surface area contributed by atoms with E-state index in [2.05, 4.69) is 35.6 Å². The summed E-state index contributed by atoms with van der Waals surface area (Å²) in [6.45, 7) is 7.13. The molecule has 0 amide bonds. The van der Waals surface area contributed by atoms with Crippen LogP contribution in [0.25, 0.3) is 16.9 Å². The standard InChI is InChI=1S/C26H29FN6O2/c1-26(2,3)31-14-13-21(20(27)15-31)33-24-22(23(28)29-16-30-24)32(25(33)34)17-9-11-19(12-10-17)35-18-7-5-4-6-8-18/h4-12,16,20-21H,13-15H2,1-3H3,(H2,28,29,30)/t20-,21+/m0/s1. The van der Waals surface area contributed by atoms with Crippen LogP contribution in [0.4, 0.5) is 10.2 Å². The Labute approximate surface area is 202 Å². The number of ether oxygens (including phenoxy) is 1. The van der Waals surface area contributed by atoms with Crippen molar-refractivity contribution >= 4 is 17.0 Å². The zero-order valence-corrected chi connectivity index (χ0v) is 20.1. The molecule has 2 aromatic heterocycles. The predicted molar refractivity (Wildman–Crippen MR) is 134 cm³/mol. The van der Waals surface area contributed by atoms with E-state index in [1.165, 1.54) is 15.5 Å². The summed E-state index contributed by atoms with van der Waals surface area (Å²) < 4.78 is 24.3. The molecule has 182 valence electrons. The quantitative estimate of drug-likeness (QED) is 0.471. The Bertz CT molecular complexity index is 1390. The van der Waals surface area contributed by atoms with Gasteiger partial charge >= 0.3 is 5.69 Å². The fourth-order valence-electron chi connectivity index (χ4n) is 4.69. The van der Waals surface area contributed by atoms with E-state index < -0.39 is 12.2 Å². The fraction of sp³-hybridized carbons (Fsp3) is 0.346. The average molecular weight is 477 g/mol. The number of piperidine rings is 1. The summed E-state index contributed by atoms with van der Waals surface area (Å²) in [5.41, 5.74) is 6.95. The molecular weight excluding hydrogens is 447 g/mol. The third kappa shape index (κ3) is 4.27. The van der Waals surface area contributed by atoms with E-state index in [4.69, 9.17) is 10.5 Å². The Kier molecular flexibility index (Phi) is 5.80. The van der Waals surface area contributed by atoms with Crippen molar-refractivity contribution in [3.8, 4) is 17.2 Å². The Morgan fingerprint density at radius 1 is 1.03 bits per heavy atom. The van der Waals surface area contributed by atoms with Crippen LogP contribution in [0.15, 0.2) is 65.7 Å². The topological polar surface area (TPSA) is 91.2 Å². The minimum absolute atomic E-state index is 0.148. The summed E-state index contributed by atoms with van der Waals surface area (Å²) in [6.07, 6.45) is 0.579. The molecule has 1 aliphatic heterocycles. The first-order valence-corrected chi connectivity index (χ1v) is 11.7. The number of para-hydroxylation sites is 1. The lowest BCUT2D eigenvalue weighted by molar-refractivity contribution is 0.0321. The second kappa shape index (κ2) is 8.81. The number of halogens is 1. The number of nitrogen functional groups attached to an aromatic ring is 1. The lowest BCUT2D eigenvalue weighted by atomic mass is 9.96. The number of imidazole rings is 1. The molecule has 2 N–H and O–H groups in total. The minimum Gasteiger partial charge on any atom is -0.457 e. The van der Waals surface area contributed by atoms with Gasteiger partial charge in [-0.15, -0.1) is 0 Å². The van der Waals surface area contributed by atoms with Gasteiger partial charge < -0.3 is 10.5 Å². The third-order valence-electron chi connectivity index (χ3n) is 6.54. The van der Waals surface area contributed by atoms with Crippen LogP contribution in [0.1, 0.15) is 33.2 Å². The van der Waals surface area contributed by atoms with Crippen LogP contribution in [0.3, 0.4) is 0 Å². The van der Waals surface area contributed by atoms with Crippen LogP contribution in [0, 0.1) is 0 Å². The van der Waals surface area contributed by atoms with E-state index in [-0.39, 0.29) is 23.6 Å². The van der Waals surface area contributed by atoms with Crippen molar-refractivity contribution in [2.75, 3.05) is 18.8 Å². The summed E-state index contributed by atoms with van der Waals surface area (Å²) in [7, 11) is 0. The van der Waals surface area contributed by atoms with Gasteiger partial charge in [0.1, 0.15) is 29.5 Å². The minimum atomic E-state index is -1.22. The second-order valence-corrected chi connectivity index (χ2v) is 9.82. The number of benzene rings is 2. The number of anilines is 1. The first kappa shape index (κ1) is 23.0. The smallest absolute Gasteiger partial charge is 0.335 e. The molecule has 2 atom stereocenters. The molecule has 2 aromatic carbocycles. The number of hydrogen-bond acceptors (Lipinski definition) is 6. The Balaban J connectivity index is 1.54. The maximum atomic E-state index is 15.5. The molecule has 1 aliphatic rings. The normalized spacial score (nSPS) is 19.2. The lowest BCUT2D eigenvalue weighted by Gasteiger charge is -2.42. The molecule has 0 saturated carbocycles. The van der Waals surface area contributed by atoms with Gasteiger partial charge in [-0.1, -0.05) is 18.2 Å². The Morgan fingerprint density at radius 2 is 1.71 bits per heavy atom. The maximum absolute atomic E-state index is 15.5. The van der Waals surface area contributed by atoms with E-state index in [1.54, 1.807) is 24.3 Å². The van der Waals surface area contributed by atoms with Crippen LogP contribution in [-0.2, 0) is 0 Å². The second-order valence-electron chi connectivity index (χ2n) is 9.82. The highest BCUT2D eigenvalue weighted by Gasteiger charge is 2.37. The molecule has 0 radical (unpaired) electrons. The SMILES string of the molecule is CC(C)(C)N1CC[C@@H](n2c(=O)n(-c3ccc(Oc4ccccc4)cc3)c3c(N)ncnc32)[C@@H](F)C1. The molecule has 0 aliphatic carbocycles. The van der Waals surface area contributed by atoms with E-state index in [0.717, 1.165) is 0 Å². The summed E-state index contributed by atoms with van der Waals surface area (Å²) in [4.78, 5) is 24.3. The fourth-order valence-corrected chi connectivity index (χ4v) is 4.69. The molecule has 1 fully saturated rings. The zero-order chi connectivity index (χ0) is 24.7. The Morgan fingerprint density at radius 3 is 2.37 bits per heavy atom. The first-order chi connectivity index (χ1) is 16.7. The van der Waals surface area contributed by atoms with E-state index >= 15 is 4.39 Å². The van der Waals surface area contributed by atoms with Crippen molar-refractivity contribution in [3.05, 3.63) is 71.4 Å². The van der Waals surface area contributed by atoms with Gasteiger partial charge in [-0.3, -0.25) is 14.0 Å². The summed E-state index contributed by atoms with van der Waals surface area (Å²) in [5, 5.41) is 0. The largest absolute Gasteiger partial charge is 0.457 e. The molecule has 5 rings (SSSR count). The molecule has 0 unspecified atom stereocenters. The molecule has 9 heteroatoms. The highest BCUT2D eigenvalue weighted by molar-refractivity contribution is 5.84. The highest BCUT2D eigenvalue weighted by atomic mass is 19.1. The van der Waals surface area contributed by atoms with Gasteiger partial charge in [0.2, 0.25) is 0 Å². The zero-order valence-electron chi connectivity index (χ0n) is 20.1. The summed E-state index contributed by atoms with van der Waals surface area (Å²) in [6, 6.07) is 15.9. The van der Waals surface area contributed by atoms with E-state index in [0.29, 0.717) is 41.3 Å². The monoisotopic (exact) mass is 476 g/mol. The molecular formula is C26H29FN6O2. The van der Waals surface area contributed by atoms with Crippen LogP contribution >= 0.6 is 0 Å². The number of nitrogens with zero attached hydrogens (tertiary/aromatic N) is 5. The molecule has 3 heterocycles. The van der Waals surface area contributed by atoms with E-state index in [1.807, 2.05) is 30.3 Å². The predicted octanol–water partition coefficient (Wildman–Crippen LogP) is 4.34. The van der Waals surface area contributed by atoms with Gasteiger partial charge in [-0.25, -0.2) is 19.2 Å². The van der Waals surface area contributed by atoms with Crippen LogP contribution in [-0.4, -0.2) is 48.8 Å². The number of aromatic nitrogens is 4. The molecule has 0 bridgehead atoms. The van der Waals surface area contributed by atoms with Crippen LogP contribution < -0.4 is 16.2 Å². The van der Waals surface area contributed by atoms with Crippen LogP contribution in [0.5, 0.6) is 11.5 Å². The van der Waals surface area contributed by atoms with Crippen LogP contribution in [0.2, 0.25) is 0 Å². The van der Waals surface area contributed by atoms with Crippen molar-refractivity contribution in [2.45, 2.75) is 44.9 Å². The maximum Gasteiger partial charge on any atom is 0.335 e. The van der Waals surface area contributed by atoms with Crippen molar-refractivity contribution in [1.29, 1.82) is 0 Å². The van der Waals surface area contributed by atoms with Gasteiger partial charge in [0.05, 0.1) is 11.7 Å². The number of nitrogens with two attached hydrogens (primary N) is 1. The van der Waals surface area contributed by atoms with Crippen molar-refractivity contribution in [2.24, 2.45) is 0 Å². The molecule has 35 heavy (non-hydrogen) atoms. The number of likely N-dealkylation sites (tertiary alicyclic amines) is 1. The van der Waals surface area contributed by atoms with Gasteiger partial charge in [-0.2, -0.15) is 0 Å².